The quantitative estimate of drug-likeness (QED) is 0.714. The zero-order valence-electron chi connectivity index (χ0n) is 19.9. The molecule has 4 rings (SSSR count). The third-order valence-electron chi connectivity index (χ3n) is 6.62. The monoisotopic (exact) mass is 455 g/mol. The van der Waals surface area contributed by atoms with Crippen molar-refractivity contribution in [1.82, 2.24) is 15.1 Å². The van der Waals surface area contributed by atoms with Crippen molar-refractivity contribution in [2.45, 2.75) is 58.4 Å². The summed E-state index contributed by atoms with van der Waals surface area (Å²) in [6.45, 7) is 8.23. The molecule has 3 fully saturated rings. The SMILES string of the molecule is CC(C)NC(=O)N1CCCN(c2ccc(NC(=O)C3CC3)cc2C(=O)N2CCCCC2)CC1. The zero-order valence-corrected chi connectivity index (χ0v) is 19.9. The summed E-state index contributed by atoms with van der Waals surface area (Å²) in [4.78, 5) is 44.3. The minimum atomic E-state index is -0.0328. The van der Waals surface area contributed by atoms with E-state index in [1.807, 2.05) is 41.8 Å². The van der Waals surface area contributed by atoms with Gasteiger partial charge in [0.15, 0.2) is 0 Å². The number of hydrogen-bond acceptors (Lipinski definition) is 4. The summed E-state index contributed by atoms with van der Waals surface area (Å²) in [6.07, 6.45) is 5.94. The molecule has 1 aromatic rings. The van der Waals surface area contributed by atoms with Gasteiger partial charge in [0.05, 0.1) is 5.56 Å². The summed E-state index contributed by atoms with van der Waals surface area (Å²) in [7, 11) is 0. The van der Waals surface area contributed by atoms with Gasteiger partial charge in [-0.2, -0.15) is 0 Å². The van der Waals surface area contributed by atoms with Crippen LogP contribution in [0.4, 0.5) is 16.2 Å². The highest BCUT2D eigenvalue weighted by Gasteiger charge is 2.30. The van der Waals surface area contributed by atoms with Crippen LogP contribution >= 0.6 is 0 Å². The van der Waals surface area contributed by atoms with Crippen LogP contribution in [0.3, 0.4) is 0 Å². The van der Waals surface area contributed by atoms with Gasteiger partial charge in [-0.05, 0) is 70.6 Å². The van der Waals surface area contributed by atoms with E-state index in [0.29, 0.717) is 30.9 Å². The second-order valence-corrected chi connectivity index (χ2v) is 9.78. The first-order valence-electron chi connectivity index (χ1n) is 12.5. The van der Waals surface area contributed by atoms with E-state index in [4.69, 9.17) is 0 Å². The molecule has 1 aliphatic carbocycles. The number of benzene rings is 1. The molecule has 8 heteroatoms. The number of nitrogens with one attached hydrogen (secondary N) is 2. The second-order valence-electron chi connectivity index (χ2n) is 9.78. The molecule has 0 aromatic heterocycles. The van der Waals surface area contributed by atoms with Crippen LogP contribution in [0.15, 0.2) is 18.2 Å². The van der Waals surface area contributed by atoms with Crippen molar-refractivity contribution >= 4 is 29.2 Å². The molecule has 2 heterocycles. The molecular weight excluding hydrogens is 418 g/mol. The third kappa shape index (κ3) is 5.97. The van der Waals surface area contributed by atoms with Gasteiger partial charge in [-0.3, -0.25) is 9.59 Å². The molecule has 0 spiro atoms. The Kier molecular flexibility index (Phi) is 7.40. The summed E-state index contributed by atoms with van der Waals surface area (Å²) in [5.74, 6) is 0.186. The lowest BCUT2D eigenvalue weighted by Gasteiger charge is -2.30. The van der Waals surface area contributed by atoms with E-state index in [1.165, 1.54) is 0 Å². The van der Waals surface area contributed by atoms with Crippen LogP contribution < -0.4 is 15.5 Å². The first kappa shape index (κ1) is 23.4. The molecule has 180 valence electrons. The highest BCUT2D eigenvalue weighted by molar-refractivity contribution is 6.02. The van der Waals surface area contributed by atoms with E-state index < -0.39 is 0 Å². The van der Waals surface area contributed by atoms with Gasteiger partial charge in [-0.1, -0.05) is 0 Å². The average molecular weight is 456 g/mol. The van der Waals surface area contributed by atoms with Crippen LogP contribution in [-0.4, -0.2) is 73.0 Å². The summed E-state index contributed by atoms with van der Waals surface area (Å²) in [5, 5.41) is 5.97. The van der Waals surface area contributed by atoms with Crippen molar-refractivity contribution in [1.29, 1.82) is 0 Å². The maximum absolute atomic E-state index is 13.5. The summed E-state index contributed by atoms with van der Waals surface area (Å²) in [5.41, 5.74) is 2.22. The predicted molar refractivity (Wildman–Crippen MR) is 130 cm³/mol. The zero-order chi connectivity index (χ0) is 23.4. The van der Waals surface area contributed by atoms with Crippen LogP contribution in [0, 0.1) is 5.92 Å². The number of nitrogens with zero attached hydrogens (tertiary/aromatic N) is 3. The van der Waals surface area contributed by atoms with Crippen LogP contribution in [0.5, 0.6) is 0 Å². The van der Waals surface area contributed by atoms with Gasteiger partial charge in [0.25, 0.3) is 5.91 Å². The van der Waals surface area contributed by atoms with E-state index in [9.17, 15) is 14.4 Å². The number of urea groups is 1. The molecule has 33 heavy (non-hydrogen) atoms. The molecule has 8 nitrogen and oxygen atoms in total. The number of anilines is 2. The van der Waals surface area contributed by atoms with E-state index in [-0.39, 0.29) is 29.8 Å². The maximum Gasteiger partial charge on any atom is 0.317 e. The van der Waals surface area contributed by atoms with E-state index in [0.717, 1.165) is 63.8 Å². The van der Waals surface area contributed by atoms with Crippen molar-refractivity contribution in [3.63, 3.8) is 0 Å². The number of likely N-dealkylation sites (tertiary alicyclic amines) is 1. The van der Waals surface area contributed by atoms with E-state index in [1.54, 1.807) is 0 Å². The summed E-state index contributed by atoms with van der Waals surface area (Å²) in [6, 6.07) is 5.78. The second kappa shape index (κ2) is 10.4. The van der Waals surface area contributed by atoms with Crippen LogP contribution in [0.2, 0.25) is 0 Å². The molecule has 1 aromatic carbocycles. The van der Waals surface area contributed by atoms with Gasteiger partial charge in [0, 0.05) is 62.6 Å². The van der Waals surface area contributed by atoms with Crippen molar-refractivity contribution < 1.29 is 14.4 Å². The van der Waals surface area contributed by atoms with E-state index in [2.05, 4.69) is 15.5 Å². The van der Waals surface area contributed by atoms with Crippen molar-refractivity contribution in [2.24, 2.45) is 5.92 Å². The predicted octanol–water partition coefficient (Wildman–Crippen LogP) is 3.29. The van der Waals surface area contributed by atoms with Gasteiger partial charge in [-0.15, -0.1) is 0 Å². The lowest BCUT2D eigenvalue weighted by atomic mass is 10.1. The number of piperidine rings is 1. The Bertz CT molecular complexity index is 877. The molecule has 4 amide bonds. The Balaban J connectivity index is 1.54. The Hall–Kier alpha value is -2.77. The fourth-order valence-electron chi connectivity index (χ4n) is 4.62. The van der Waals surface area contributed by atoms with Crippen LogP contribution in [0.25, 0.3) is 0 Å². The minimum Gasteiger partial charge on any atom is -0.369 e. The topological polar surface area (TPSA) is 85.0 Å². The molecule has 0 unspecified atom stereocenters. The van der Waals surface area contributed by atoms with Crippen LogP contribution in [-0.2, 0) is 4.79 Å². The average Bonchev–Trinajstić information content (AvgIpc) is 3.66. The smallest absolute Gasteiger partial charge is 0.317 e. The standard InChI is InChI=1S/C25H37N5O3/c1-18(2)26-25(33)30-14-6-13-28(15-16-30)22-10-9-20(27-23(31)19-7-8-19)17-21(22)24(32)29-11-4-3-5-12-29/h9-10,17-19H,3-8,11-16H2,1-2H3,(H,26,33)(H,27,31). The third-order valence-corrected chi connectivity index (χ3v) is 6.62. The normalized spacial score (nSPS) is 19.3. The molecule has 2 N–H and O–H groups in total. The first-order chi connectivity index (χ1) is 15.9. The maximum atomic E-state index is 13.5. The molecular formula is C25H37N5O3. The molecule has 1 saturated carbocycles. The lowest BCUT2D eigenvalue weighted by Crippen LogP contribution is -2.44. The lowest BCUT2D eigenvalue weighted by molar-refractivity contribution is -0.117. The largest absolute Gasteiger partial charge is 0.369 e. The highest BCUT2D eigenvalue weighted by Crippen LogP contribution is 2.32. The number of carbonyl (C=O) groups excluding carboxylic acids is 3. The molecule has 0 radical (unpaired) electrons. The number of rotatable bonds is 5. The molecule has 2 saturated heterocycles. The van der Waals surface area contributed by atoms with Crippen LogP contribution in [0.1, 0.15) is 62.7 Å². The summed E-state index contributed by atoms with van der Waals surface area (Å²) >= 11 is 0. The summed E-state index contributed by atoms with van der Waals surface area (Å²) < 4.78 is 0. The molecule has 0 atom stereocenters. The number of amides is 4. The Labute approximate surface area is 196 Å². The fourth-order valence-corrected chi connectivity index (χ4v) is 4.62. The van der Waals surface area contributed by atoms with Crippen molar-refractivity contribution in [2.75, 3.05) is 49.5 Å². The molecule has 3 aliphatic rings. The van der Waals surface area contributed by atoms with Gasteiger partial charge in [-0.25, -0.2) is 4.79 Å². The first-order valence-corrected chi connectivity index (χ1v) is 12.5. The van der Waals surface area contributed by atoms with Gasteiger partial charge in [0.1, 0.15) is 0 Å². The van der Waals surface area contributed by atoms with Gasteiger partial charge >= 0.3 is 6.03 Å². The van der Waals surface area contributed by atoms with Gasteiger partial charge < -0.3 is 25.3 Å². The fraction of sp³-hybridized carbons (Fsp3) is 0.640. The molecule has 0 bridgehead atoms. The number of hydrogen-bond donors (Lipinski definition) is 2. The Morgan fingerprint density at radius 3 is 2.30 bits per heavy atom. The number of carbonyl (C=O) groups is 3. The Morgan fingerprint density at radius 1 is 0.879 bits per heavy atom. The van der Waals surface area contributed by atoms with Crippen molar-refractivity contribution in [3.05, 3.63) is 23.8 Å². The van der Waals surface area contributed by atoms with Crippen molar-refractivity contribution in [3.8, 4) is 0 Å². The molecule has 2 aliphatic heterocycles. The minimum absolute atomic E-state index is 0.0328. The Morgan fingerprint density at radius 2 is 1.61 bits per heavy atom. The van der Waals surface area contributed by atoms with E-state index >= 15 is 0 Å². The van der Waals surface area contributed by atoms with Gasteiger partial charge in [0.2, 0.25) is 5.91 Å². The highest BCUT2D eigenvalue weighted by atomic mass is 16.2.